The highest BCUT2D eigenvalue weighted by Crippen LogP contribution is 2.32. The molecule has 4 heteroatoms. The molecule has 1 N–H and O–H groups in total. The number of carbonyl (C=O) groups excluding carboxylic acids is 2. The average molecular weight is 286 g/mol. The number of carbonyl (C=O) groups is 2. The minimum absolute atomic E-state index is 0.00199. The van der Waals surface area contributed by atoms with E-state index in [9.17, 15) is 9.59 Å². The molecule has 21 heavy (non-hydrogen) atoms. The van der Waals surface area contributed by atoms with Gasteiger partial charge in [0.15, 0.2) is 0 Å². The Bertz CT molecular complexity index is 523. The molecule has 1 aromatic rings. The van der Waals surface area contributed by atoms with Crippen LogP contribution >= 0.6 is 0 Å². The van der Waals surface area contributed by atoms with Gasteiger partial charge in [0.1, 0.15) is 12.1 Å². The summed E-state index contributed by atoms with van der Waals surface area (Å²) in [6, 6.07) is 8.63. The van der Waals surface area contributed by atoms with Crippen molar-refractivity contribution in [3.63, 3.8) is 0 Å². The number of nitrogens with one attached hydrogen (secondary N) is 1. The third-order valence-electron chi connectivity index (χ3n) is 4.80. The van der Waals surface area contributed by atoms with Gasteiger partial charge in [-0.2, -0.15) is 0 Å². The van der Waals surface area contributed by atoms with Crippen molar-refractivity contribution in [3.05, 3.63) is 35.9 Å². The van der Waals surface area contributed by atoms with Crippen molar-refractivity contribution in [1.82, 2.24) is 10.2 Å². The lowest BCUT2D eigenvalue weighted by Gasteiger charge is -2.41. The summed E-state index contributed by atoms with van der Waals surface area (Å²) >= 11 is 0. The first-order valence-corrected chi connectivity index (χ1v) is 7.80. The van der Waals surface area contributed by atoms with Crippen molar-refractivity contribution in [1.29, 1.82) is 0 Å². The molecule has 2 aliphatic rings. The molecule has 1 aliphatic heterocycles. The van der Waals surface area contributed by atoms with Gasteiger partial charge in [-0.1, -0.05) is 49.6 Å². The summed E-state index contributed by atoms with van der Waals surface area (Å²) in [4.78, 5) is 26.8. The van der Waals surface area contributed by atoms with E-state index in [1.165, 1.54) is 19.3 Å². The molecule has 1 saturated heterocycles. The maximum atomic E-state index is 12.6. The molecule has 1 aliphatic carbocycles. The fourth-order valence-electron chi connectivity index (χ4n) is 3.66. The highest BCUT2D eigenvalue weighted by Gasteiger charge is 2.42. The summed E-state index contributed by atoms with van der Waals surface area (Å²) in [5, 5.41) is 2.93. The van der Waals surface area contributed by atoms with Crippen LogP contribution in [0.3, 0.4) is 0 Å². The van der Waals surface area contributed by atoms with Crippen molar-refractivity contribution in [2.75, 3.05) is 7.05 Å². The Labute approximate surface area is 125 Å². The second-order valence-electron chi connectivity index (χ2n) is 6.14. The predicted octanol–water partition coefficient (Wildman–Crippen LogP) is 2.26. The van der Waals surface area contributed by atoms with Crippen molar-refractivity contribution in [2.45, 2.75) is 44.2 Å². The highest BCUT2D eigenvalue weighted by molar-refractivity contribution is 5.97. The zero-order chi connectivity index (χ0) is 14.8. The van der Waals surface area contributed by atoms with Crippen molar-refractivity contribution < 1.29 is 9.59 Å². The number of hydrogen-bond donors (Lipinski definition) is 1. The van der Waals surface area contributed by atoms with Gasteiger partial charge in [0.05, 0.1) is 0 Å². The molecule has 0 spiro atoms. The molecule has 0 bridgehead atoms. The van der Waals surface area contributed by atoms with E-state index < -0.39 is 6.04 Å². The van der Waals surface area contributed by atoms with Crippen LogP contribution in [0.4, 0.5) is 0 Å². The Morgan fingerprint density at radius 1 is 1.05 bits per heavy atom. The lowest BCUT2D eigenvalue weighted by atomic mass is 9.81. The molecule has 2 amide bonds. The second-order valence-corrected chi connectivity index (χ2v) is 6.14. The van der Waals surface area contributed by atoms with Crippen molar-refractivity contribution >= 4 is 11.8 Å². The molecule has 1 aromatic carbocycles. The molecule has 3 rings (SSSR count). The summed E-state index contributed by atoms with van der Waals surface area (Å²) in [5.74, 6) is 0.304. The minimum Gasteiger partial charge on any atom is -0.339 e. The van der Waals surface area contributed by atoms with Crippen LogP contribution in [0.2, 0.25) is 0 Å². The molecule has 0 aromatic heterocycles. The van der Waals surface area contributed by atoms with Crippen LogP contribution in [-0.4, -0.2) is 29.8 Å². The fraction of sp³-hybridized carbons (Fsp3) is 0.529. The summed E-state index contributed by atoms with van der Waals surface area (Å²) in [5.41, 5.74) is 0.852. The normalized spacial score (nSPS) is 27.6. The Morgan fingerprint density at radius 2 is 1.71 bits per heavy atom. The fourth-order valence-corrected chi connectivity index (χ4v) is 3.66. The van der Waals surface area contributed by atoms with Gasteiger partial charge in [0, 0.05) is 7.05 Å². The third-order valence-corrected chi connectivity index (χ3v) is 4.80. The van der Waals surface area contributed by atoms with Gasteiger partial charge in [-0.25, -0.2) is 0 Å². The second kappa shape index (κ2) is 5.88. The standard InChI is InChI=1S/C17H22N2O2/c1-19-15(13-10-6-3-7-11-13)16(20)18-14(17(19)21)12-8-4-2-5-9-12/h2,4-5,8-9,13-15H,3,6-7,10-11H2,1H3,(H,18,20). The number of amides is 2. The monoisotopic (exact) mass is 286 g/mol. The number of piperazine rings is 1. The molecule has 4 nitrogen and oxygen atoms in total. The molecule has 1 saturated carbocycles. The van der Waals surface area contributed by atoms with Gasteiger partial charge >= 0.3 is 0 Å². The molecule has 2 unspecified atom stereocenters. The largest absolute Gasteiger partial charge is 0.339 e. The zero-order valence-corrected chi connectivity index (χ0v) is 12.4. The quantitative estimate of drug-likeness (QED) is 0.906. The van der Waals surface area contributed by atoms with E-state index in [2.05, 4.69) is 5.32 Å². The van der Waals surface area contributed by atoms with Crippen LogP contribution in [0.1, 0.15) is 43.7 Å². The zero-order valence-electron chi connectivity index (χ0n) is 12.4. The van der Waals surface area contributed by atoms with E-state index in [4.69, 9.17) is 0 Å². The van der Waals surface area contributed by atoms with Crippen LogP contribution in [0.5, 0.6) is 0 Å². The van der Waals surface area contributed by atoms with Crippen LogP contribution < -0.4 is 5.32 Å². The van der Waals surface area contributed by atoms with Crippen molar-refractivity contribution in [2.24, 2.45) is 5.92 Å². The van der Waals surface area contributed by atoms with E-state index >= 15 is 0 Å². The van der Waals surface area contributed by atoms with Gasteiger partial charge in [-0.05, 0) is 24.3 Å². The molecular formula is C17H22N2O2. The first-order valence-electron chi connectivity index (χ1n) is 7.80. The van der Waals surface area contributed by atoms with Crippen LogP contribution in [0.25, 0.3) is 0 Å². The summed E-state index contributed by atoms with van der Waals surface area (Å²) < 4.78 is 0. The Balaban J connectivity index is 1.81. The van der Waals surface area contributed by atoms with E-state index in [-0.39, 0.29) is 17.9 Å². The van der Waals surface area contributed by atoms with E-state index in [0.29, 0.717) is 5.92 Å². The number of likely N-dealkylation sites (N-methyl/N-ethyl adjacent to an activating group) is 1. The maximum Gasteiger partial charge on any atom is 0.250 e. The van der Waals surface area contributed by atoms with E-state index in [1.54, 1.807) is 11.9 Å². The molecular weight excluding hydrogens is 264 g/mol. The minimum atomic E-state index is -0.538. The van der Waals surface area contributed by atoms with Crippen LogP contribution in [-0.2, 0) is 9.59 Å². The SMILES string of the molecule is CN1C(=O)C(c2ccccc2)NC(=O)C1C1CCCCC1. The predicted molar refractivity (Wildman–Crippen MR) is 80.5 cm³/mol. The van der Waals surface area contributed by atoms with E-state index in [0.717, 1.165) is 18.4 Å². The molecule has 2 fully saturated rings. The van der Waals surface area contributed by atoms with Gasteiger partial charge in [-0.15, -0.1) is 0 Å². The van der Waals surface area contributed by atoms with Gasteiger partial charge < -0.3 is 10.2 Å². The Hall–Kier alpha value is -1.84. The summed E-state index contributed by atoms with van der Waals surface area (Å²) in [6.45, 7) is 0. The molecule has 0 radical (unpaired) electrons. The summed E-state index contributed by atoms with van der Waals surface area (Å²) in [7, 11) is 1.77. The number of nitrogens with zero attached hydrogens (tertiary/aromatic N) is 1. The lowest BCUT2D eigenvalue weighted by Crippen LogP contribution is -2.60. The Morgan fingerprint density at radius 3 is 2.38 bits per heavy atom. The summed E-state index contributed by atoms with van der Waals surface area (Å²) in [6.07, 6.45) is 5.67. The number of rotatable bonds is 2. The number of hydrogen-bond acceptors (Lipinski definition) is 2. The molecule has 1 heterocycles. The average Bonchev–Trinajstić information content (AvgIpc) is 2.53. The molecule has 2 atom stereocenters. The van der Waals surface area contributed by atoms with Gasteiger partial charge in [0.25, 0.3) is 0 Å². The highest BCUT2D eigenvalue weighted by atomic mass is 16.2. The smallest absolute Gasteiger partial charge is 0.250 e. The van der Waals surface area contributed by atoms with Gasteiger partial charge in [-0.3, -0.25) is 9.59 Å². The third kappa shape index (κ3) is 2.67. The Kier molecular flexibility index (Phi) is 3.95. The van der Waals surface area contributed by atoms with Crippen LogP contribution in [0.15, 0.2) is 30.3 Å². The molecule has 112 valence electrons. The van der Waals surface area contributed by atoms with Gasteiger partial charge in [0.2, 0.25) is 11.8 Å². The number of benzene rings is 1. The van der Waals surface area contributed by atoms with E-state index in [1.807, 2.05) is 30.3 Å². The topological polar surface area (TPSA) is 49.4 Å². The maximum absolute atomic E-state index is 12.6. The lowest BCUT2D eigenvalue weighted by molar-refractivity contribution is -0.150. The van der Waals surface area contributed by atoms with Crippen LogP contribution in [0, 0.1) is 5.92 Å². The first-order chi connectivity index (χ1) is 10.2. The first kappa shape index (κ1) is 14.1. The van der Waals surface area contributed by atoms with Crippen molar-refractivity contribution in [3.8, 4) is 0 Å².